The first kappa shape index (κ1) is 12.1. The van der Waals surface area contributed by atoms with Gasteiger partial charge in [-0.2, -0.15) is 5.10 Å². The van der Waals surface area contributed by atoms with Crippen molar-refractivity contribution >= 4 is 22.7 Å². The van der Waals surface area contributed by atoms with Crippen LogP contribution in [0.3, 0.4) is 0 Å². The number of aromatic nitrogens is 2. The molecule has 0 saturated carbocycles. The van der Waals surface area contributed by atoms with E-state index in [1.807, 2.05) is 24.3 Å². The maximum atomic E-state index is 12.1. The fourth-order valence-electron chi connectivity index (χ4n) is 1.67. The molecule has 0 bridgehead atoms. The van der Waals surface area contributed by atoms with Gasteiger partial charge in [-0.05, 0) is 6.07 Å². The lowest BCUT2D eigenvalue weighted by molar-refractivity contribution is -0.121. The van der Waals surface area contributed by atoms with Crippen LogP contribution in [-0.2, 0) is 4.79 Å². The van der Waals surface area contributed by atoms with Gasteiger partial charge >= 0.3 is 0 Å². The Hall–Kier alpha value is -2.37. The number of benzene rings is 1. The quantitative estimate of drug-likeness (QED) is 0.822. The Kier molecular flexibility index (Phi) is 3.27. The van der Waals surface area contributed by atoms with Crippen LogP contribution in [-0.4, -0.2) is 47.6 Å². The molecule has 2 N–H and O–H groups in total. The summed E-state index contributed by atoms with van der Waals surface area (Å²) >= 11 is 0. The third-order valence-corrected chi connectivity index (χ3v) is 2.68. The zero-order chi connectivity index (χ0) is 13.1. The highest BCUT2D eigenvalue weighted by Gasteiger charge is 2.19. The predicted octanol–water partition coefficient (Wildman–Crippen LogP) is 0.381. The molecule has 2 rings (SSSR count). The molecular formula is C12H14N4O2. The summed E-state index contributed by atoms with van der Waals surface area (Å²) < 4.78 is 0. The third kappa shape index (κ3) is 2.17. The van der Waals surface area contributed by atoms with Gasteiger partial charge in [0.05, 0.1) is 12.1 Å². The summed E-state index contributed by atoms with van der Waals surface area (Å²) in [4.78, 5) is 24.7. The second-order valence-corrected chi connectivity index (χ2v) is 3.95. The molecule has 94 valence electrons. The zero-order valence-corrected chi connectivity index (χ0v) is 10.2. The van der Waals surface area contributed by atoms with Crippen LogP contribution in [0, 0.1) is 0 Å². The molecule has 0 unspecified atom stereocenters. The standard InChI is InChI=1S/C12H14N4O2/c1-13-10(17)7-16(2)12(18)11-8-5-3-4-6-9(8)14-15-11/h3-6H,7H2,1-2H3,(H,13,17)(H,14,15). The summed E-state index contributed by atoms with van der Waals surface area (Å²) in [6, 6.07) is 7.37. The predicted molar refractivity (Wildman–Crippen MR) is 67.1 cm³/mol. The van der Waals surface area contributed by atoms with Gasteiger partial charge in [-0.1, -0.05) is 18.2 Å². The van der Waals surface area contributed by atoms with Crippen molar-refractivity contribution < 1.29 is 9.59 Å². The van der Waals surface area contributed by atoms with Crippen molar-refractivity contribution in [1.82, 2.24) is 20.4 Å². The second kappa shape index (κ2) is 4.87. The fourth-order valence-corrected chi connectivity index (χ4v) is 1.67. The minimum Gasteiger partial charge on any atom is -0.358 e. The van der Waals surface area contributed by atoms with Gasteiger partial charge in [-0.15, -0.1) is 0 Å². The molecular weight excluding hydrogens is 232 g/mol. The lowest BCUT2D eigenvalue weighted by atomic mass is 10.2. The maximum Gasteiger partial charge on any atom is 0.275 e. The average Bonchev–Trinajstić information content (AvgIpc) is 2.81. The van der Waals surface area contributed by atoms with E-state index in [0.29, 0.717) is 5.69 Å². The number of carbonyl (C=O) groups is 2. The fraction of sp³-hybridized carbons (Fsp3) is 0.250. The Morgan fingerprint density at radius 2 is 2.11 bits per heavy atom. The van der Waals surface area contributed by atoms with Crippen LogP contribution in [0.5, 0.6) is 0 Å². The molecule has 2 aromatic rings. The Labute approximate surface area is 104 Å². The summed E-state index contributed by atoms with van der Waals surface area (Å²) in [5, 5.41) is 10.0. The lowest BCUT2D eigenvalue weighted by Gasteiger charge is -2.14. The number of likely N-dealkylation sites (N-methyl/N-ethyl adjacent to an activating group) is 2. The summed E-state index contributed by atoms with van der Waals surface area (Å²) in [6.45, 7) is 0.0104. The van der Waals surface area contributed by atoms with Crippen LogP contribution in [0.25, 0.3) is 10.9 Å². The van der Waals surface area contributed by atoms with Crippen molar-refractivity contribution in [2.45, 2.75) is 0 Å². The first-order valence-electron chi connectivity index (χ1n) is 5.52. The molecule has 0 radical (unpaired) electrons. The lowest BCUT2D eigenvalue weighted by Crippen LogP contribution is -2.37. The van der Waals surface area contributed by atoms with Crippen LogP contribution >= 0.6 is 0 Å². The van der Waals surface area contributed by atoms with Gasteiger partial charge in [0, 0.05) is 19.5 Å². The molecule has 2 amide bonds. The number of nitrogens with one attached hydrogen (secondary N) is 2. The molecule has 0 aliphatic carbocycles. The first-order chi connectivity index (χ1) is 8.63. The number of fused-ring (bicyclic) bond motifs is 1. The van der Waals surface area contributed by atoms with Crippen LogP contribution in [0.2, 0.25) is 0 Å². The summed E-state index contributed by atoms with van der Waals surface area (Å²) in [6.07, 6.45) is 0. The van der Waals surface area contributed by atoms with Crippen molar-refractivity contribution in [3.63, 3.8) is 0 Å². The highest BCUT2D eigenvalue weighted by molar-refractivity contribution is 6.05. The van der Waals surface area contributed by atoms with E-state index in [-0.39, 0.29) is 18.4 Å². The molecule has 6 heteroatoms. The molecule has 0 saturated heterocycles. The Balaban J connectivity index is 2.25. The minimum absolute atomic E-state index is 0.0104. The Morgan fingerprint density at radius 3 is 2.83 bits per heavy atom. The Bertz CT molecular complexity index is 591. The average molecular weight is 246 g/mol. The molecule has 18 heavy (non-hydrogen) atoms. The number of amides is 2. The molecule has 0 spiro atoms. The van der Waals surface area contributed by atoms with E-state index in [4.69, 9.17) is 0 Å². The number of aromatic amines is 1. The van der Waals surface area contributed by atoms with Gasteiger partial charge in [-0.25, -0.2) is 0 Å². The van der Waals surface area contributed by atoms with E-state index < -0.39 is 0 Å². The van der Waals surface area contributed by atoms with Crippen molar-refractivity contribution in [3.8, 4) is 0 Å². The van der Waals surface area contributed by atoms with Gasteiger partial charge in [0.25, 0.3) is 5.91 Å². The molecule has 1 heterocycles. The number of rotatable bonds is 3. The molecule has 0 fully saturated rings. The van der Waals surface area contributed by atoms with Crippen LogP contribution in [0.1, 0.15) is 10.5 Å². The van der Waals surface area contributed by atoms with Gasteiger partial charge in [0.1, 0.15) is 0 Å². The summed E-state index contributed by atoms with van der Waals surface area (Å²) in [5.74, 6) is -0.498. The number of hydrogen-bond acceptors (Lipinski definition) is 3. The summed E-state index contributed by atoms with van der Waals surface area (Å²) in [7, 11) is 3.10. The van der Waals surface area contributed by atoms with E-state index in [0.717, 1.165) is 10.9 Å². The molecule has 1 aromatic carbocycles. The van der Waals surface area contributed by atoms with Gasteiger partial charge in [0.2, 0.25) is 5.91 Å². The smallest absolute Gasteiger partial charge is 0.275 e. The normalized spacial score (nSPS) is 10.3. The highest BCUT2D eigenvalue weighted by Crippen LogP contribution is 2.16. The van der Waals surface area contributed by atoms with Crippen LogP contribution < -0.4 is 5.32 Å². The van der Waals surface area contributed by atoms with Crippen molar-refractivity contribution in [1.29, 1.82) is 0 Å². The molecule has 0 aliphatic rings. The minimum atomic E-state index is -0.281. The zero-order valence-electron chi connectivity index (χ0n) is 10.2. The summed E-state index contributed by atoms with van der Waals surface area (Å²) in [5.41, 5.74) is 1.13. The largest absolute Gasteiger partial charge is 0.358 e. The van der Waals surface area contributed by atoms with E-state index in [1.54, 1.807) is 7.05 Å². The van der Waals surface area contributed by atoms with E-state index >= 15 is 0 Å². The second-order valence-electron chi connectivity index (χ2n) is 3.95. The van der Waals surface area contributed by atoms with Crippen LogP contribution in [0.4, 0.5) is 0 Å². The van der Waals surface area contributed by atoms with Gasteiger partial charge in [0.15, 0.2) is 5.69 Å². The molecule has 1 aromatic heterocycles. The topological polar surface area (TPSA) is 78.1 Å². The van der Waals surface area contributed by atoms with Gasteiger partial charge < -0.3 is 10.2 Å². The van der Waals surface area contributed by atoms with E-state index in [2.05, 4.69) is 15.5 Å². The third-order valence-electron chi connectivity index (χ3n) is 2.68. The maximum absolute atomic E-state index is 12.1. The molecule has 6 nitrogen and oxygen atoms in total. The SMILES string of the molecule is CNC(=O)CN(C)C(=O)c1n[nH]c2ccccc12. The van der Waals surface area contributed by atoms with E-state index in [9.17, 15) is 9.59 Å². The number of hydrogen-bond donors (Lipinski definition) is 2. The molecule has 0 aliphatic heterocycles. The van der Waals surface area contributed by atoms with Crippen molar-refractivity contribution in [3.05, 3.63) is 30.0 Å². The van der Waals surface area contributed by atoms with Crippen molar-refractivity contribution in [2.75, 3.05) is 20.6 Å². The number of nitrogens with zero attached hydrogens (tertiary/aromatic N) is 2. The Morgan fingerprint density at radius 1 is 1.39 bits per heavy atom. The number of H-pyrrole nitrogens is 1. The molecule has 0 atom stereocenters. The van der Waals surface area contributed by atoms with Crippen LogP contribution in [0.15, 0.2) is 24.3 Å². The first-order valence-corrected chi connectivity index (χ1v) is 5.52. The van der Waals surface area contributed by atoms with Gasteiger partial charge in [-0.3, -0.25) is 14.7 Å². The van der Waals surface area contributed by atoms with Crippen molar-refractivity contribution in [2.24, 2.45) is 0 Å². The highest BCUT2D eigenvalue weighted by atomic mass is 16.2. The monoisotopic (exact) mass is 246 g/mol. The number of para-hydroxylation sites is 1. The van der Waals surface area contributed by atoms with E-state index in [1.165, 1.54) is 11.9 Å². The number of carbonyl (C=O) groups excluding carboxylic acids is 2.